The molecule has 0 atom stereocenters. The van der Waals surface area contributed by atoms with E-state index in [1.54, 1.807) is 0 Å². The van der Waals surface area contributed by atoms with E-state index in [4.69, 9.17) is 29.9 Å². The SMILES string of the molecule is N#Cc1ccc(-c2cccc(-c3nc(-c4ccccc4)nc(-c4ccc(-c5cc(-c6ccccc6)ccc5-c5nc(-c6ccccc6)nc(-c6ccccc6)n5)cc4)n3)c2)cc1. The van der Waals surface area contributed by atoms with Crippen molar-refractivity contribution in [1.82, 2.24) is 29.9 Å². The monoisotopic (exact) mass is 793 g/mol. The summed E-state index contributed by atoms with van der Waals surface area (Å²) in [7, 11) is 0. The Hall–Kier alpha value is -8.73. The van der Waals surface area contributed by atoms with Crippen LogP contribution >= 0.6 is 0 Å². The van der Waals surface area contributed by atoms with Gasteiger partial charge in [-0.25, -0.2) is 29.9 Å². The molecule has 0 aliphatic heterocycles. The number of nitriles is 1. The second-order valence-electron chi connectivity index (χ2n) is 14.7. The maximum atomic E-state index is 9.33. The summed E-state index contributed by atoms with van der Waals surface area (Å²) < 4.78 is 0. The Kier molecular flexibility index (Phi) is 10.2. The Labute approximate surface area is 359 Å². The molecule has 62 heavy (non-hydrogen) atoms. The van der Waals surface area contributed by atoms with Crippen molar-refractivity contribution in [2.24, 2.45) is 0 Å². The average Bonchev–Trinajstić information content (AvgIpc) is 3.37. The number of nitrogens with zero attached hydrogens (tertiary/aromatic N) is 7. The fraction of sp³-hybridized carbons (Fsp3) is 0. The van der Waals surface area contributed by atoms with Crippen LogP contribution in [0.4, 0.5) is 0 Å². The third kappa shape index (κ3) is 7.87. The molecule has 0 aliphatic carbocycles. The van der Waals surface area contributed by atoms with E-state index in [9.17, 15) is 5.26 Å². The van der Waals surface area contributed by atoms with Gasteiger partial charge in [-0.05, 0) is 63.7 Å². The summed E-state index contributed by atoms with van der Waals surface area (Å²) in [6.07, 6.45) is 0. The van der Waals surface area contributed by atoms with E-state index in [0.29, 0.717) is 40.5 Å². The second kappa shape index (κ2) is 16.9. The number of benzene rings is 8. The first-order chi connectivity index (χ1) is 30.6. The topological polar surface area (TPSA) is 101 Å². The van der Waals surface area contributed by atoms with E-state index in [-0.39, 0.29) is 0 Å². The first-order valence-electron chi connectivity index (χ1n) is 20.3. The summed E-state index contributed by atoms with van der Waals surface area (Å²) >= 11 is 0. The molecule has 0 spiro atoms. The van der Waals surface area contributed by atoms with Crippen molar-refractivity contribution in [3.63, 3.8) is 0 Å². The van der Waals surface area contributed by atoms with Crippen LogP contribution in [0.15, 0.2) is 212 Å². The van der Waals surface area contributed by atoms with Crippen LogP contribution in [0.25, 0.3) is 102 Å². The van der Waals surface area contributed by atoms with Gasteiger partial charge in [0, 0.05) is 33.4 Å². The predicted molar refractivity (Wildman–Crippen MR) is 247 cm³/mol. The van der Waals surface area contributed by atoms with Gasteiger partial charge in [0.25, 0.3) is 0 Å². The maximum absolute atomic E-state index is 9.33. The highest BCUT2D eigenvalue weighted by molar-refractivity contribution is 5.86. The van der Waals surface area contributed by atoms with Gasteiger partial charge < -0.3 is 0 Å². The highest BCUT2D eigenvalue weighted by atomic mass is 15.0. The smallest absolute Gasteiger partial charge is 0.164 e. The lowest BCUT2D eigenvalue weighted by Gasteiger charge is -2.14. The highest BCUT2D eigenvalue weighted by Gasteiger charge is 2.18. The van der Waals surface area contributed by atoms with E-state index in [2.05, 4.69) is 78.9 Å². The quantitative estimate of drug-likeness (QED) is 0.143. The van der Waals surface area contributed by atoms with Crippen LogP contribution in [-0.2, 0) is 0 Å². The molecule has 0 N–H and O–H groups in total. The maximum Gasteiger partial charge on any atom is 0.164 e. The molecule has 0 aliphatic rings. The Morgan fingerprint density at radius 3 is 1.08 bits per heavy atom. The standard InChI is InChI=1S/C55H35N7/c56-36-37-24-26-39(27-25-37)45-22-13-23-47(34-45)54-59-50(41-16-7-2-8-17-41)57-53(60-54)44-30-28-40(29-31-44)49-35-46(38-14-5-1-6-15-38)32-33-48(49)55-61-51(42-18-9-3-10-19-42)58-52(62-55)43-20-11-4-12-21-43/h1-35H. The van der Waals surface area contributed by atoms with Crippen LogP contribution in [0.3, 0.4) is 0 Å². The Bertz CT molecular complexity index is 3150. The molecule has 7 nitrogen and oxygen atoms in total. The van der Waals surface area contributed by atoms with Crippen LogP contribution in [0.1, 0.15) is 5.56 Å². The normalized spacial score (nSPS) is 10.9. The largest absolute Gasteiger partial charge is 0.208 e. The molecule has 0 unspecified atom stereocenters. The first kappa shape index (κ1) is 37.5. The molecule has 0 radical (unpaired) electrons. The van der Waals surface area contributed by atoms with Gasteiger partial charge in [0.2, 0.25) is 0 Å². The lowest BCUT2D eigenvalue weighted by Crippen LogP contribution is -2.01. The number of hydrogen-bond donors (Lipinski definition) is 0. The van der Waals surface area contributed by atoms with Crippen LogP contribution in [0.2, 0.25) is 0 Å². The lowest BCUT2D eigenvalue weighted by molar-refractivity contribution is 1.07. The van der Waals surface area contributed by atoms with Crippen molar-refractivity contribution < 1.29 is 0 Å². The van der Waals surface area contributed by atoms with E-state index >= 15 is 0 Å². The molecule has 0 bridgehead atoms. The van der Waals surface area contributed by atoms with Gasteiger partial charge in [-0.15, -0.1) is 0 Å². The Morgan fingerprint density at radius 1 is 0.242 bits per heavy atom. The number of hydrogen-bond acceptors (Lipinski definition) is 7. The summed E-state index contributed by atoms with van der Waals surface area (Å²) in [5.41, 5.74) is 12.0. The zero-order chi connectivity index (χ0) is 41.7. The second-order valence-corrected chi connectivity index (χ2v) is 14.7. The zero-order valence-electron chi connectivity index (χ0n) is 33.3. The molecule has 2 heterocycles. The third-order valence-corrected chi connectivity index (χ3v) is 10.7. The number of rotatable bonds is 9. The zero-order valence-corrected chi connectivity index (χ0v) is 33.3. The highest BCUT2D eigenvalue weighted by Crippen LogP contribution is 2.37. The summed E-state index contributed by atoms with van der Waals surface area (Å²) in [5, 5.41) is 9.33. The third-order valence-electron chi connectivity index (χ3n) is 10.7. The Balaban J connectivity index is 1.09. The fourth-order valence-electron chi connectivity index (χ4n) is 7.44. The van der Waals surface area contributed by atoms with Gasteiger partial charge in [0.15, 0.2) is 34.9 Å². The van der Waals surface area contributed by atoms with Crippen molar-refractivity contribution in [1.29, 1.82) is 5.26 Å². The van der Waals surface area contributed by atoms with Gasteiger partial charge in [0.1, 0.15) is 0 Å². The van der Waals surface area contributed by atoms with E-state index in [1.165, 1.54) is 0 Å². The summed E-state index contributed by atoms with van der Waals surface area (Å²) in [6, 6.07) is 73.1. The molecule has 10 aromatic rings. The predicted octanol–water partition coefficient (Wildman–Crippen LogP) is 12.9. The summed E-state index contributed by atoms with van der Waals surface area (Å²) in [4.78, 5) is 30.2. The molecule has 7 heteroatoms. The van der Waals surface area contributed by atoms with Gasteiger partial charge in [0.05, 0.1) is 11.6 Å². The minimum absolute atomic E-state index is 0.555. The van der Waals surface area contributed by atoms with Crippen LogP contribution < -0.4 is 0 Å². The average molecular weight is 794 g/mol. The summed E-state index contributed by atoms with van der Waals surface area (Å²) in [6.45, 7) is 0. The van der Waals surface area contributed by atoms with Gasteiger partial charge in [-0.1, -0.05) is 182 Å². The Morgan fingerprint density at radius 2 is 0.581 bits per heavy atom. The van der Waals surface area contributed by atoms with Crippen molar-refractivity contribution >= 4 is 0 Å². The molecule has 0 saturated heterocycles. The number of aromatic nitrogens is 6. The summed E-state index contributed by atoms with van der Waals surface area (Å²) in [5.74, 6) is 3.48. The van der Waals surface area contributed by atoms with E-state index in [0.717, 1.165) is 66.8 Å². The van der Waals surface area contributed by atoms with Gasteiger partial charge in [-0.2, -0.15) is 5.26 Å². The molecular formula is C55H35N7. The molecule has 8 aromatic carbocycles. The van der Waals surface area contributed by atoms with Crippen LogP contribution in [-0.4, -0.2) is 29.9 Å². The van der Waals surface area contributed by atoms with Crippen LogP contribution in [0, 0.1) is 11.3 Å². The minimum Gasteiger partial charge on any atom is -0.208 e. The lowest BCUT2D eigenvalue weighted by atomic mass is 9.93. The molecule has 0 saturated carbocycles. The van der Waals surface area contributed by atoms with Crippen molar-refractivity contribution in [2.75, 3.05) is 0 Å². The fourth-order valence-corrected chi connectivity index (χ4v) is 7.44. The molecule has 2 aromatic heterocycles. The van der Waals surface area contributed by atoms with Gasteiger partial charge >= 0.3 is 0 Å². The van der Waals surface area contributed by atoms with E-state index in [1.807, 2.05) is 140 Å². The minimum atomic E-state index is 0.555. The molecular weight excluding hydrogens is 759 g/mol. The van der Waals surface area contributed by atoms with E-state index < -0.39 is 0 Å². The molecule has 290 valence electrons. The molecule has 0 amide bonds. The molecule has 10 rings (SSSR count). The molecule has 0 fully saturated rings. The van der Waals surface area contributed by atoms with Crippen molar-refractivity contribution in [3.8, 4) is 108 Å². The van der Waals surface area contributed by atoms with Crippen molar-refractivity contribution in [2.45, 2.75) is 0 Å². The van der Waals surface area contributed by atoms with Crippen LogP contribution in [0.5, 0.6) is 0 Å². The first-order valence-corrected chi connectivity index (χ1v) is 20.3. The van der Waals surface area contributed by atoms with Gasteiger partial charge in [-0.3, -0.25) is 0 Å². The van der Waals surface area contributed by atoms with Crippen molar-refractivity contribution in [3.05, 3.63) is 218 Å².